The van der Waals surface area contributed by atoms with Crippen LogP contribution >= 0.6 is 0 Å². The van der Waals surface area contributed by atoms with Crippen molar-refractivity contribution in [1.29, 1.82) is 0 Å². The third-order valence-electron chi connectivity index (χ3n) is 3.02. The van der Waals surface area contributed by atoms with E-state index in [2.05, 4.69) is 43.2 Å². The van der Waals surface area contributed by atoms with Crippen molar-refractivity contribution in [2.24, 2.45) is 5.92 Å². The Hall–Kier alpha value is -1.22. The zero-order valence-electron chi connectivity index (χ0n) is 12.1. The average Bonchev–Trinajstić information content (AvgIpc) is 2.37. The zero-order valence-corrected chi connectivity index (χ0v) is 12.1. The second-order valence-corrected chi connectivity index (χ2v) is 5.06. The minimum absolute atomic E-state index is 0.772. The maximum absolute atomic E-state index is 5.23. The van der Waals surface area contributed by atoms with Crippen LogP contribution in [0.2, 0.25) is 0 Å². The molecule has 1 N–H and O–H groups in total. The van der Waals surface area contributed by atoms with Crippen LogP contribution in [0.5, 0.6) is 5.75 Å². The monoisotopic (exact) mass is 250 g/mol. The van der Waals surface area contributed by atoms with E-state index in [0.717, 1.165) is 31.3 Å². The van der Waals surface area contributed by atoms with Crippen molar-refractivity contribution in [3.63, 3.8) is 0 Å². The fraction of sp³-hybridized carbons (Fsp3) is 0.600. The van der Waals surface area contributed by atoms with Crippen LogP contribution in [0.3, 0.4) is 0 Å². The Kier molecular flexibility index (Phi) is 6.58. The third kappa shape index (κ3) is 5.41. The summed E-state index contributed by atoms with van der Waals surface area (Å²) in [6.45, 7) is 7.63. The highest BCUT2D eigenvalue weighted by atomic mass is 16.5. The number of nitrogens with zero attached hydrogens (tertiary/aromatic N) is 1. The number of nitrogens with one attached hydrogen (secondary N) is 1. The lowest BCUT2D eigenvalue weighted by molar-refractivity contribution is 0.415. The first-order valence-corrected chi connectivity index (χ1v) is 6.69. The molecule has 0 amide bonds. The first-order chi connectivity index (χ1) is 8.63. The zero-order chi connectivity index (χ0) is 13.4. The highest BCUT2D eigenvalue weighted by molar-refractivity contribution is 5.50. The summed E-state index contributed by atoms with van der Waals surface area (Å²) in [4.78, 5) is 2.24. The molecule has 0 unspecified atom stereocenters. The fourth-order valence-electron chi connectivity index (χ4n) is 1.74. The van der Waals surface area contributed by atoms with E-state index in [4.69, 9.17) is 4.74 Å². The number of rotatable bonds is 8. The Labute approximate surface area is 111 Å². The molecule has 1 aromatic rings. The minimum atomic E-state index is 0.772. The van der Waals surface area contributed by atoms with Crippen molar-refractivity contribution in [2.75, 3.05) is 38.7 Å². The van der Waals surface area contributed by atoms with Gasteiger partial charge in [-0.05, 0) is 31.0 Å². The summed E-state index contributed by atoms with van der Waals surface area (Å²) < 4.78 is 5.23. The SMILES string of the molecule is COc1cccc(N(C)CCNCCC(C)C)c1. The van der Waals surface area contributed by atoms with Gasteiger partial charge < -0.3 is 15.0 Å². The first-order valence-electron chi connectivity index (χ1n) is 6.69. The van der Waals surface area contributed by atoms with Crippen LogP contribution in [0.15, 0.2) is 24.3 Å². The number of likely N-dealkylation sites (N-methyl/N-ethyl adjacent to an activating group) is 1. The Morgan fingerprint density at radius 1 is 1.28 bits per heavy atom. The van der Waals surface area contributed by atoms with Crippen molar-refractivity contribution >= 4 is 5.69 Å². The predicted molar refractivity (Wildman–Crippen MR) is 78.6 cm³/mol. The van der Waals surface area contributed by atoms with E-state index in [-0.39, 0.29) is 0 Å². The molecule has 0 atom stereocenters. The van der Waals surface area contributed by atoms with Crippen molar-refractivity contribution in [3.05, 3.63) is 24.3 Å². The highest BCUT2D eigenvalue weighted by Gasteiger charge is 2.01. The Balaban J connectivity index is 2.29. The van der Waals surface area contributed by atoms with Gasteiger partial charge in [-0.25, -0.2) is 0 Å². The van der Waals surface area contributed by atoms with Gasteiger partial charge in [0.15, 0.2) is 0 Å². The molecule has 1 aromatic carbocycles. The number of hydrogen-bond acceptors (Lipinski definition) is 3. The smallest absolute Gasteiger partial charge is 0.120 e. The minimum Gasteiger partial charge on any atom is -0.497 e. The summed E-state index contributed by atoms with van der Waals surface area (Å²) in [7, 11) is 3.81. The molecule has 0 saturated heterocycles. The van der Waals surface area contributed by atoms with Crippen molar-refractivity contribution in [2.45, 2.75) is 20.3 Å². The summed E-state index contributed by atoms with van der Waals surface area (Å²) >= 11 is 0. The Morgan fingerprint density at radius 2 is 2.06 bits per heavy atom. The van der Waals surface area contributed by atoms with Crippen LogP contribution in [0, 0.1) is 5.92 Å². The molecule has 0 fully saturated rings. The van der Waals surface area contributed by atoms with Crippen LogP contribution in [0.25, 0.3) is 0 Å². The molecule has 3 nitrogen and oxygen atoms in total. The fourth-order valence-corrected chi connectivity index (χ4v) is 1.74. The van der Waals surface area contributed by atoms with Crippen LogP contribution in [0.4, 0.5) is 5.69 Å². The molecular formula is C15H26N2O. The van der Waals surface area contributed by atoms with E-state index in [1.165, 1.54) is 12.1 Å². The van der Waals surface area contributed by atoms with Crippen molar-refractivity contribution in [3.8, 4) is 5.75 Å². The lowest BCUT2D eigenvalue weighted by atomic mass is 10.1. The van der Waals surface area contributed by atoms with Crippen LogP contribution < -0.4 is 15.0 Å². The molecule has 1 rings (SSSR count). The quantitative estimate of drug-likeness (QED) is 0.718. The van der Waals surface area contributed by atoms with Gasteiger partial charge in [-0.2, -0.15) is 0 Å². The maximum Gasteiger partial charge on any atom is 0.120 e. The third-order valence-corrected chi connectivity index (χ3v) is 3.02. The average molecular weight is 250 g/mol. The van der Waals surface area contributed by atoms with Crippen LogP contribution in [-0.4, -0.2) is 33.8 Å². The van der Waals surface area contributed by atoms with E-state index in [1.54, 1.807) is 7.11 Å². The van der Waals surface area contributed by atoms with Gasteiger partial charge in [0.05, 0.1) is 7.11 Å². The van der Waals surface area contributed by atoms with Crippen molar-refractivity contribution < 1.29 is 4.74 Å². The van der Waals surface area contributed by atoms with Gasteiger partial charge in [0.2, 0.25) is 0 Å². The van der Waals surface area contributed by atoms with Crippen molar-refractivity contribution in [1.82, 2.24) is 5.32 Å². The number of benzene rings is 1. The predicted octanol–water partition coefficient (Wildman–Crippen LogP) is 2.77. The first kappa shape index (κ1) is 14.8. The second kappa shape index (κ2) is 7.98. The molecule has 0 aliphatic rings. The topological polar surface area (TPSA) is 24.5 Å². The lowest BCUT2D eigenvalue weighted by Crippen LogP contribution is -2.30. The molecule has 0 saturated carbocycles. The molecule has 0 bridgehead atoms. The van der Waals surface area contributed by atoms with E-state index in [1.807, 2.05) is 12.1 Å². The van der Waals surface area contributed by atoms with Gasteiger partial charge in [0.1, 0.15) is 5.75 Å². The Bertz CT molecular complexity index is 339. The molecule has 0 heterocycles. The second-order valence-electron chi connectivity index (χ2n) is 5.06. The number of anilines is 1. The standard InChI is InChI=1S/C15H26N2O/c1-13(2)8-9-16-10-11-17(3)14-6-5-7-15(12-14)18-4/h5-7,12-13,16H,8-11H2,1-4H3. The maximum atomic E-state index is 5.23. The van der Waals surface area contributed by atoms with Gasteiger partial charge >= 0.3 is 0 Å². The van der Waals surface area contributed by atoms with Gasteiger partial charge in [-0.15, -0.1) is 0 Å². The normalized spacial score (nSPS) is 10.7. The summed E-state index contributed by atoms with van der Waals surface area (Å²) in [5.74, 6) is 1.68. The van der Waals surface area contributed by atoms with E-state index >= 15 is 0 Å². The molecular weight excluding hydrogens is 224 g/mol. The Morgan fingerprint density at radius 3 is 2.72 bits per heavy atom. The number of hydrogen-bond donors (Lipinski definition) is 1. The van der Waals surface area contributed by atoms with Gasteiger partial charge in [-0.1, -0.05) is 19.9 Å². The molecule has 0 aliphatic carbocycles. The summed E-state index contributed by atoms with van der Waals surface area (Å²) in [6.07, 6.45) is 1.24. The lowest BCUT2D eigenvalue weighted by Gasteiger charge is -2.20. The van der Waals surface area contributed by atoms with Gasteiger partial charge in [-0.3, -0.25) is 0 Å². The summed E-state index contributed by atoms with van der Waals surface area (Å²) in [6, 6.07) is 8.17. The van der Waals surface area contributed by atoms with Gasteiger partial charge in [0, 0.05) is 31.9 Å². The molecule has 18 heavy (non-hydrogen) atoms. The highest BCUT2D eigenvalue weighted by Crippen LogP contribution is 2.19. The van der Waals surface area contributed by atoms with Crippen LogP contribution in [0.1, 0.15) is 20.3 Å². The molecule has 3 heteroatoms. The molecule has 0 aliphatic heterocycles. The van der Waals surface area contributed by atoms with E-state index < -0.39 is 0 Å². The summed E-state index contributed by atoms with van der Waals surface area (Å²) in [5.41, 5.74) is 1.19. The number of methoxy groups -OCH3 is 1. The van der Waals surface area contributed by atoms with E-state index in [9.17, 15) is 0 Å². The summed E-state index contributed by atoms with van der Waals surface area (Å²) in [5, 5.41) is 3.47. The molecule has 102 valence electrons. The largest absolute Gasteiger partial charge is 0.497 e. The van der Waals surface area contributed by atoms with Gasteiger partial charge in [0.25, 0.3) is 0 Å². The molecule has 0 aromatic heterocycles. The molecule has 0 spiro atoms. The van der Waals surface area contributed by atoms with E-state index in [0.29, 0.717) is 0 Å². The van der Waals surface area contributed by atoms with Crippen LogP contribution in [-0.2, 0) is 0 Å². The molecule has 0 radical (unpaired) electrons. The number of ether oxygens (including phenoxy) is 1.